The number of urea groups is 1. The number of benzene rings is 1. The molecule has 3 N–H and O–H groups in total. The summed E-state index contributed by atoms with van der Waals surface area (Å²) in [6.07, 6.45) is 0.215. The van der Waals surface area contributed by atoms with Gasteiger partial charge in [0.1, 0.15) is 6.04 Å². The van der Waals surface area contributed by atoms with E-state index in [4.69, 9.17) is 16.7 Å². The third-order valence-corrected chi connectivity index (χ3v) is 4.24. The summed E-state index contributed by atoms with van der Waals surface area (Å²) in [5.74, 6) is -0.241. The molecule has 7 heteroatoms. The van der Waals surface area contributed by atoms with Crippen LogP contribution in [-0.2, 0) is 4.79 Å². The predicted octanol–water partition coefficient (Wildman–Crippen LogP) is 1.67. The Bertz CT molecular complexity index is 592. The second kappa shape index (κ2) is 6.98. The molecule has 1 atom stereocenters. The molecule has 1 aliphatic heterocycles. The maximum atomic E-state index is 12.5. The van der Waals surface area contributed by atoms with Gasteiger partial charge < -0.3 is 20.6 Å². The monoisotopic (exact) mass is 325 g/mol. The van der Waals surface area contributed by atoms with Crippen LogP contribution < -0.4 is 10.6 Å². The molecule has 6 nitrogen and oxygen atoms in total. The molecule has 0 aliphatic carbocycles. The molecule has 1 aromatic carbocycles. The molecule has 0 spiro atoms. The third kappa shape index (κ3) is 3.34. The second-order valence-electron chi connectivity index (χ2n) is 5.31. The Balaban J connectivity index is 2.21. The summed E-state index contributed by atoms with van der Waals surface area (Å²) in [6.45, 7) is 4.37. The molecule has 1 saturated heterocycles. The van der Waals surface area contributed by atoms with Crippen LogP contribution in [0.25, 0.3) is 0 Å². The Morgan fingerprint density at radius 1 is 1.50 bits per heavy atom. The number of aryl methyl sites for hydroxylation is 1. The maximum Gasteiger partial charge on any atom is 0.322 e. The molecule has 3 amide bonds. The topological polar surface area (TPSA) is 81.7 Å². The highest BCUT2D eigenvalue weighted by Gasteiger charge is 2.32. The van der Waals surface area contributed by atoms with E-state index < -0.39 is 6.04 Å². The van der Waals surface area contributed by atoms with Gasteiger partial charge in [-0.05, 0) is 37.5 Å². The summed E-state index contributed by atoms with van der Waals surface area (Å²) in [5.41, 5.74) is 2.34. The molecule has 0 radical (unpaired) electrons. The average molecular weight is 326 g/mol. The summed E-state index contributed by atoms with van der Waals surface area (Å²) in [6, 6.07) is 2.60. The molecule has 1 heterocycles. The van der Waals surface area contributed by atoms with Crippen LogP contribution in [0.5, 0.6) is 0 Å². The number of nitrogens with zero attached hydrogens (tertiary/aromatic N) is 1. The fourth-order valence-corrected chi connectivity index (χ4v) is 2.72. The minimum atomic E-state index is -0.654. The van der Waals surface area contributed by atoms with Crippen LogP contribution in [0.4, 0.5) is 10.5 Å². The first-order valence-electron chi connectivity index (χ1n) is 7.17. The van der Waals surface area contributed by atoms with Crippen LogP contribution in [0.2, 0.25) is 5.02 Å². The maximum absolute atomic E-state index is 12.5. The Morgan fingerprint density at radius 2 is 2.23 bits per heavy atom. The number of aliphatic hydroxyl groups excluding tert-OH is 1. The highest BCUT2D eigenvalue weighted by molar-refractivity contribution is 6.31. The van der Waals surface area contributed by atoms with Gasteiger partial charge in [-0.1, -0.05) is 17.7 Å². The quantitative estimate of drug-likeness (QED) is 0.790. The van der Waals surface area contributed by atoms with Crippen molar-refractivity contribution in [3.05, 3.63) is 28.3 Å². The van der Waals surface area contributed by atoms with Gasteiger partial charge in [-0.3, -0.25) is 4.79 Å². The average Bonchev–Trinajstić information content (AvgIpc) is 2.49. The molecule has 120 valence electrons. The first-order valence-corrected chi connectivity index (χ1v) is 7.55. The van der Waals surface area contributed by atoms with E-state index in [1.165, 1.54) is 4.90 Å². The van der Waals surface area contributed by atoms with Crippen molar-refractivity contribution < 1.29 is 14.7 Å². The van der Waals surface area contributed by atoms with Crippen molar-refractivity contribution in [2.75, 3.05) is 25.0 Å². The summed E-state index contributed by atoms with van der Waals surface area (Å²) < 4.78 is 0. The molecular weight excluding hydrogens is 306 g/mol. The van der Waals surface area contributed by atoms with E-state index in [-0.39, 0.29) is 25.0 Å². The summed E-state index contributed by atoms with van der Waals surface area (Å²) in [5, 5.41) is 15.2. The van der Waals surface area contributed by atoms with Crippen molar-refractivity contribution in [2.24, 2.45) is 0 Å². The van der Waals surface area contributed by atoms with Crippen molar-refractivity contribution in [3.8, 4) is 0 Å². The number of rotatable bonds is 3. The first kappa shape index (κ1) is 16.6. The standard InChI is InChI=1S/C15H20ClN3O3/c1-9-3-4-11(16)10(2)13(9)18-15(22)19-7-6-17-14(21)12(19)5-8-20/h3-4,12,20H,5-8H2,1-2H3,(H,17,21)(H,18,22)/t12-/m0/s1. The van der Waals surface area contributed by atoms with Crippen LogP contribution in [-0.4, -0.2) is 47.7 Å². The van der Waals surface area contributed by atoms with Crippen molar-refractivity contribution in [1.29, 1.82) is 0 Å². The van der Waals surface area contributed by atoms with Crippen molar-refractivity contribution in [2.45, 2.75) is 26.3 Å². The van der Waals surface area contributed by atoms with Gasteiger partial charge >= 0.3 is 6.03 Å². The number of aliphatic hydroxyl groups is 1. The molecule has 0 aromatic heterocycles. The van der Waals surface area contributed by atoms with Crippen LogP contribution in [0.3, 0.4) is 0 Å². The van der Waals surface area contributed by atoms with Crippen molar-refractivity contribution >= 4 is 29.2 Å². The van der Waals surface area contributed by atoms with Gasteiger partial charge in [0, 0.05) is 30.4 Å². The van der Waals surface area contributed by atoms with E-state index >= 15 is 0 Å². The number of hydrogen-bond acceptors (Lipinski definition) is 3. The predicted molar refractivity (Wildman–Crippen MR) is 85.2 cm³/mol. The highest BCUT2D eigenvalue weighted by Crippen LogP contribution is 2.27. The highest BCUT2D eigenvalue weighted by atomic mass is 35.5. The molecule has 1 aliphatic rings. The van der Waals surface area contributed by atoms with Crippen molar-refractivity contribution in [1.82, 2.24) is 10.2 Å². The SMILES string of the molecule is Cc1ccc(Cl)c(C)c1NC(=O)N1CCNC(=O)[C@@H]1CCO. The summed E-state index contributed by atoms with van der Waals surface area (Å²) in [4.78, 5) is 25.9. The summed E-state index contributed by atoms with van der Waals surface area (Å²) >= 11 is 6.09. The second-order valence-corrected chi connectivity index (χ2v) is 5.71. The number of hydrogen-bond donors (Lipinski definition) is 3. The number of piperazine rings is 1. The number of halogens is 1. The Kier molecular flexibility index (Phi) is 5.26. The van der Waals surface area contributed by atoms with Gasteiger partial charge in [-0.25, -0.2) is 4.79 Å². The van der Waals surface area contributed by atoms with E-state index in [1.54, 1.807) is 6.07 Å². The number of anilines is 1. The number of carbonyl (C=O) groups excluding carboxylic acids is 2. The normalized spacial score (nSPS) is 18.1. The zero-order chi connectivity index (χ0) is 16.3. The molecule has 1 fully saturated rings. The van der Waals surface area contributed by atoms with Gasteiger partial charge in [0.25, 0.3) is 0 Å². The number of amides is 3. The van der Waals surface area contributed by atoms with Crippen LogP contribution in [0.1, 0.15) is 17.5 Å². The Morgan fingerprint density at radius 3 is 2.91 bits per heavy atom. The van der Waals surface area contributed by atoms with E-state index in [0.717, 1.165) is 11.1 Å². The molecule has 22 heavy (non-hydrogen) atoms. The largest absolute Gasteiger partial charge is 0.396 e. The number of nitrogens with one attached hydrogen (secondary N) is 2. The zero-order valence-corrected chi connectivity index (χ0v) is 13.4. The van der Waals surface area contributed by atoms with Crippen LogP contribution in [0, 0.1) is 13.8 Å². The lowest BCUT2D eigenvalue weighted by atomic mass is 10.1. The smallest absolute Gasteiger partial charge is 0.322 e. The molecule has 1 aromatic rings. The minimum absolute atomic E-state index is 0.156. The molecule has 0 saturated carbocycles. The van der Waals surface area contributed by atoms with Crippen molar-refractivity contribution in [3.63, 3.8) is 0 Å². The van der Waals surface area contributed by atoms with Gasteiger partial charge in [0.05, 0.1) is 0 Å². The van der Waals surface area contributed by atoms with Crippen LogP contribution in [0.15, 0.2) is 12.1 Å². The zero-order valence-electron chi connectivity index (χ0n) is 12.6. The fourth-order valence-electron chi connectivity index (χ4n) is 2.56. The lowest BCUT2D eigenvalue weighted by Gasteiger charge is -2.35. The fraction of sp³-hybridized carbons (Fsp3) is 0.467. The van der Waals surface area contributed by atoms with Gasteiger partial charge in [-0.15, -0.1) is 0 Å². The first-order chi connectivity index (χ1) is 10.5. The lowest BCUT2D eigenvalue weighted by Crippen LogP contribution is -2.58. The number of carbonyl (C=O) groups is 2. The Hall–Kier alpha value is -1.79. The summed E-state index contributed by atoms with van der Waals surface area (Å²) in [7, 11) is 0. The van der Waals surface area contributed by atoms with E-state index in [0.29, 0.717) is 23.8 Å². The Labute approximate surface area is 134 Å². The molecule has 0 unspecified atom stereocenters. The van der Waals surface area contributed by atoms with Gasteiger partial charge in [-0.2, -0.15) is 0 Å². The third-order valence-electron chi connectivity index (χ3n) is 3.83. The molecular formula is C15H20ClN3O3. The van der Waals surface area contributed by atoms with E-state index in [1.807, 2.05) is 19.9 Å². The van der Waals surface area contributed by atoms with Gasteiger partial charge in [0.15, 0.2) is 0 Å². The minimum Gasteiger partial charge on any atom is -0.396 e. The van der Waals surface area contributed by atoms with E-state index in [2.05, 4.69) is 10.6 Å². The van der Waals surface area contributed by atoms with Gasteiger partial charge in [0.2, 0.25) is 5.91 Å². The van der Waals surface area contributed by atoms with Crippen LogP contribution >= 0.6 is 11.6 Å². The molecule has 0 bridgehead atoms. The molecule has 2 rings (SSSR count). The lowest BCUT2D eigenvalue weighted by molar-refractivity contribution is -0.128. The van der Waals surface area contributed by atoms with E-state index in [9.17, 15) is 9.59 Å².